The molecule has 3 heterocycles. The van der Waals surface area contributed by atoms with Crippen LogP contribution in [-0.2, 0) is 9.59 Å². The lowest BCUT2D eigenvalue weighted by Crippen LogP contribution is -2.57. The average molecular weight is 545 g/mol. The molecule has 3 saturated heterocycles. The van der Waals surface area contributed by atoms with E-state index >= 15 is 0 Å². The third-order valence-electron chi connectivity index (χ3n) is 8.95. The highest BCUT2D eigenvalue weighted by Gasteiger charge is 2.58. The molecule has 1 aromatic rings. The molecular weight excluding hydrogens is 500 g/mol. The van der Waals surface area contributed by atoms with Gasteiger partial charge in [0, 0.05) is 58.2 Å². The van der Waals surface area contributed by atoms with Gasteiger partial charge in [0.2, 0.25) is 5.91 Å². The zero-order chi connectivity index (χ0) is 26.4. The summed E-state index contributed by atoms with van der Waals surface area (Å²) in [5.41, 5.74) is 0.611. The first-order valence-corrected chi connectivity index (χ1v) is 14.3. The van der Waals surface area contributed by atoms with Gasteiger partial charge in [-0.2, -0.15) is 0 Å². The summed E-state index contributed by atoms with van der Waals surface area (Å²) in [5.74, 6) is 1.46. The van der Waals surface area contributed by atoms with Crippen molar-refractivity contribution in [3.8, 4) is 0 Å². The van der Waals surface area contributed by atoms with Crippen LogP contribution in [0.2, 0.25) is 0 Å². The number of likely N-dealkylation sites (N-methyl/N-ethyl adjacent to an activating group) is 1. The van der Waals surface area contributed by atoms with Crippen molar-refractivity contribution in [1.82, 2.24) is 19.6 Å². The van der Waals surface area contributed by atoms with Crippen molar-refractivity contribution < 1.29 is 14.4 Å². The molecular formula is C30H45ClN4O3. The largest absolute Gasteiger partial charge is 0.342 e. The molecule has 0 aromatic heterocycles. The highest BCUT2D eigenvalue weighted by molar-refractivity contribution is 6.07. The smallest absolute Gasteiger partial charge is 0.327 e. The first kappa shape index (κ1) is 28.9. The molecule has 0 bridgehead atoms. The third-order valence-corrected chi connectivity index (χ3v) is 8.95. The maximum absolute atomic E-state index is 13.5. The molecule has 8 heteroatoms. The number of likely N-dealkylation sites (tertiary alicyclic amines) is 2. The van der Waals surface area contributed by atoms with Crippen molar-refractivity contribution in [2.45, 2.75) is 71.3 Å². The number of rotatable bonds is 7. The number of piperidine rings is 1. The predicted octanol–water partition coefficient (Wildman–Crippen LogP) is 4.62. The summed E-state index contributed by atoms with van der Waals surface area (Å²) in [6.45, 7) is 13.6. The van der Waals surface area contributed by atoms with Crippen molar-refractivity contribution in [2.24, 2.45) is 17.3 Å². The lowest BCUT2D eigenvalue weighted by Gasteiger charge is -2.42. The number of amides is 4. The number of halogens is 1. The van der Waals surface area contributed by atoms with Gasteiger partial charge in [-0.15, -0.1) is 12.4 Å². The van der Waals surface area contributed by atoms with Gasteiger partial charge in [0.15, 0.2) is 0 Å². The molecule has 4 fully saturated rings. The average Bonchev–Trinajstić information content (AvgIpc) is 3.55. The van der Waals surface area contributed by atoms with Crippen LogP contribution in [0.15, 0.2) is 30.3 Å². The molecule has 1 saturated carbocycles. The molecule has 3 aliphatic heterocycles. The van der Waals surface area contributed by atoms with Gasteiger partial charge in [-0.25, -0.2) is 4.79 Å². The summed E-state index contributed by atoms with van der Waals surface area (Å²) in [6, 6.07) is 10.5. The number of carbonyl (C=O) groups is 3. The van der Waals surface area contributed by atoms with Crippen LogP contribution >= 0.6 is 12.4 Å². The Morgan fingerprint density at radius 1 is 1.00 bits per heavy atom. The molecule has 2 unspecified atom stereocenters. The van der Waals surface area contributed by atoms with Crippen LogP contribution < -0.4 is 0 Å². The van der Waals surface area contributed by atoms with E-state index in [2.05, 4.69) is 54.8 Å². The van der Waals surface area contributed by atoms with Gasteiger partial charge in [0.1, 0.15) is 5.54 Å². The molecule has 1 aliphatic carbocycles. The number of nitrogens with zero attached hydrogens (tertiary/aromatic N) is 4. The fraction of sp³-hybridized carbons (Fsp3) is 0.700. The Morgan fingerprint density at radius 2 is 1.66 bits per heavy atom. The molecule has 0 N–H and O–H groups in total. The lowest BCUT2D eigenvalue weighted by atomic mass is 9.84. The van der Waals surface area contributed by atoms with Crippen molar-refractivity contribution in [3.63, 3.8) is 0 Å². The van der Waals surface area contributed by atoms with Crippen molar-refractivity contribution in [2.75, 3.05) is 45.8 Å². The SMILES string of the molecule is CCN1C(=O)N(CC2CC2)C(=O)C12CCN(CC1CN(C(=O)CC(C)(C)C)CC1c1ccccc1)CC2.Cl. The van der Waals surface area contributed by atoms with Crippen LogP contribution in [0, 0.1) is 17.3 Å². The minimum atomic E-state index is -0.666. The number of carbonyl (C=O) groups excluding carboxylic acids is 3. The van der Waals surface area contributed by atoms with Gasteiger partial charge in [0.05, 0.1) is 0 Å². The van der Waals surface area contributed by atoms with Crippen LogP contribution in [0.3, 0.4) is 0 Å². The molecule has 0 radical (unpaired) electrons. The van der Waals surface area contributed by atoms with E-state index in [0.717, 1.165) is 45.6 Å². The Balaban J connectivity index is 0.00000336. The Hall–Kier alpha value is -2.12. The minimum absolute atomic E-state index is 0. The van der Waals surface area contributed by atoms with Crippen LogP contribution in [0.1, 0.15) is 71.3 Å². The van der Waals surface area contributed by atoms with Gasteiger partial charge in [-0.1, -0.05) is 51.1 Å². The summed E-state index contributed by atoms with van der Waals surface area (Å²) in [7, 11) is 0. The molecule has 4 aliphatic rings. The molecule has 38 heavy (non-hydrogen) atoms. The molecule has 5 rings (SSSR count). The van der Waals surface area contributed by atoms with Gasteiger partial charge < -0.3 is 14.7 Å². The predicted molar refractivity (Wildman–Crippen MR) is 151 cm³/mol. The topological polar surface area (TPSA) is 64.2 Å². The van der Waals surface area contributed by atoms with E-state index in [1.807, 2.05) is 17.9 Å². The fourth-order valence-electron chi connectivity index (χ4n) is 6.76. The molecule has 7 nitrogen and oxygen atoms in total. The molecule has 2 atom stereocenters. The second-order valence-electron chi connectivity index (χ2n) is 13.0. The number of hydrogen-bond acceptors (Lipinski definition) is 4. The summed E-state index contributed by atoms with van der Waals surface area (Å²) in [6.07, 6.45) is 4.21. The zero-order valence-corrected chi connectivity index (χ0v) is 24.3. The zero-order valence-electron chi connectivity index (χ0n) is 23.5. The first-order chi connectivity index (χ1) is 17.6. The second-order valence-corrected chi connectivity index (χ2v) is 13.0. The van der Waals surface area contributed by atoms with E-state index in [1.165, 1.54) is 5.56 Å². The van der Waals surface area contributed by atoms with E-state index < -0.39 is 5.54 Å². The standard InChI is InChI=1S/C30H44N4O3.ClH/c1-5-34-28(37)33(18-22-11-12-22)27(36)30(34)13-15-31(16-14-30)19-24-20-32(26(35)17-29(2,3)4)21-25(24)23-9-7-6-8-10-23;/h6-10,22,24-25H,5,11-21H2,1-4H3;1H. The highest BCUT2D eigenvalue weighted by Crippen LogP contribution is 2.41. The van der Waals surface area contributed by atoms with E-state index in [9.17, 15) is 14.4 Å². The second kappa shape index (κ2) is 11.2. The molecule has 1 spiro atoms. The van der Waals surface area contributed by atoms with Gasteiger partial charge in [-0.05, 0) is 55.4 Å². The van der Waals surface area contributed by atoms with Crippen LogP contribution in [0.25, 0.3) is 0 Å². The Kier molecular flexibility index (Phi) is 8.49. The number of hydrogen-bond donors (Lipinski definition) is 0. The Morgan fingerprint density at radius 3 is 2.24 bits per heavy atom. The van der Waals surface area contributed by atoms with Crippen molar-refractivity contribution in [1.29, 1.82) is 0 Å². The molecule has 1 aromatic carbocycles. The Bertz CT molecular complexity index is 1010. The highest BCUT2D eigenvalue weighted by atomic mass is 35.5. The lowest BCUT2D eigenvalue weighted by molar-refractivity contribution is -0.136. The maximum Gasteiger partial charge on any atom is 0.327 e. The van der Waals surface area contributed by atoms with Crippen LogP contribution in [0.4, 0.5) is 4.79 Å². The Labute approximate surface area is 234 Å². The fourth-order valence-corrected chi connectivity index (χ4v) is 6.76. The van der Waals surface area contributed by atoms with Crippen molar-refractivity contribution in [3.05, 3.63) is 35.9 Å². The van der Waals surface area contributed by atoms with E-state index in [0.29, 0.717) is 50.1 Å². The normalized spacial score (nSPS) is 25.8. The van der Waals surface area contributed by atoms with E-state index in [4.69, 9.17) is 0 Å². The quantitative estimate of drug-likeness (QED) is 0.470. The summed E-state index contributed by atoms with van der Waals surface area (Å²) in [4.78, 5) is 47.7. The van der Waals surface area contributed by atoms with Gasteiger partial charge in [0.25, 0.3) is 5.91 Å². The van der Waals surface area contributed by atoms with Gasteiger partial charge in [-0.3, -0.25) is 14.5 Å². The van der Waals surface area contributed by atoms with E-state index in [-0.39, 0.29) is 35.7 Å². The summed E-state index contributed by atoms with van der Waals surface area (Å²) >= 11 is 0. The third kappa shape index (κ3) is 5.74. The van der Waals surface area contributed by atoms with Crippen LogP contribution in [-0.4, -0.2) is 88.8 Å². The summed E-state index contributed by atoms with van der Waals surface area (Å²) in [5, 5.41) is 0. The van der Waals surface area contributed by atoms with Gasteiger partial charge >= 0.3 is 6.03 Å². The summed E-state index contributed by atoms with van der Waals surface area (Å²) < 4.78 is 0. The number of imide groups is 1. The van der Waals surface area contributed by atoms with Crippen LogP contribution in [0.5, 0.6) is 0 Å². The molecule has 210 valence electrons. The minimum Gasteiger partial charge on any atom is -0.342 e. The van der Waals surface area contributed by atoms with Crippen molar-refractivity contribution >= 4 is 30.3 Å². The monoisotopic (exact) mass is 544 g/mol. The van der Waals surface area contributed by atoms with E-state index in [1.54, 1.807) is 4.90 Å². The maximum atomic E-state index is 13.5. The number of benzene rings is 1. The first-order valence-electron chi connectivity index (χ1n) is 14.3. The number of urea groups is 1. The molecule has 4 amide bonds.